The number of hydrogen-bond donors (Lipinski definition) is 1. The number of anilines is 1. The van der Waals surface area contributed by atoms with E-state index in [1.165, 1.54) is 18.4 Å². The van der Waals surface area contributed by atoms with Gasteiger partial charge in [0.2, 0.25) is 0 Å². The number of alkyl halides is 1. The molecule has 20 heavy (non-hydrogen) atoms. The minimum absolute atomic E-state index is 0.0219. The van der Waals surface area contributed by atoms with Crippen LogP contribution in [0.2, 0.25) is 0 Å². The topological polar surface area (TPSA) is 42.2 Å². The van der Waals surface area contributed by atoms with Crippen LogP contribution in [-0.2, 0) is 0 Å². The third kappa shape index (κ3) is 2.49. The van der Waals surface area contributed by atoms with Gasteiger partial charge in [-0.25, -0.2) is 4.98 Å². The van der Waals surface area contributed by atoms with E-state index in [-0.39, 0.29) is 5.54 Å². The Morgan fingerprint density at radius 2 is 2.35 bits per heavy atom. The second-order valence-electron chi connectivity index (χ2n) is 6.19. The van der Waals surface area contributed by atoms with Crippen molar-refractivity contribution < 1.29 is 0 Å². The molecule has 108 valence electrons. The largest absolute Gasteiger partial charge is 0.363 e. The molecule has 1 fully saturated rings. The Labute approximate surface area is 124 Å². The number of pyridine rings is 1. The van der Waals surface area contributed by atoms with Crippen molar-refractivity contribution in [1.29, 1.82) is 0 Å². The first-order chi connectivity index (χ1) is 9.62. The Morgan fingerprint density at radius 3 is 3.10 bits per heavy atom. The van der Waals surface area contributed by atoms with Crippen molar-refractivity contribution in [3.63, 3.8) is 0 Å². The summed E-state index contributed by atoms with van der Waals surface area (Å²) in [6.07, 6.45) is 6.35. The second-order valence-corrected chi connectivity index (χ2v) is 6.46. The lowest BCUT2D eigenvalue weighted by Crippen LogP contribution is -2.44. The Kier molecular flexibility index (Phi) is 3.59. The molecule has 0 aliphatic heterocycles. The summed E-state index contributed by atoms with van der Waals surface area (Å²) in [6, 6.07) is 4.16. The Bertz CT molecular complexity index is 609. The van der Waals surface area contributed by atoms with Gasteiger partial charge in [-0.15, -0.1) is 11.6 Å². The van der Waals surface area contributed by atoms with Crippen molar-refractivity contribution in [3.05, 3.63) is 24.0 Å². The number of aromatic nitrogens is 3. The highest BCUT2D eigenvalue weighted by molar-refractivity contribution is 6.18. The smallest absolute Gasteiger partial charge is 0.157 e. The van der Waals surface area contributed by atoms with Crippen molar-refractivity contribution in [2.24, 2.45) is 5.92 Å². The molecule has 1 N–H and O–H groups in total. The molecule has 2 atom stereocenters. The fourth-order valence-corrected chi connectivity index (χ4v) is 3.66. The highest BCUT2D eigenvalue weighted by Gasteiger charge is 2.34. The van der Waals surface area contributed by atoms with Gasteiger partial charge in [0.25, 0.3) is 0 Å². The van der Waals surface area contributed by atoms with Crippen molar-refractivity contribution >= 4 is 23.1 Å². The van der Waals surface area contributed by atoms with Gasteiger partial charge >= 0.3 is 0 Å². The minimum atomic E-state index is -0.0219. The predicted octanol–water partition coefficient (Wildman–Crippen LogP) is 3.64. The average molecular weight is 293 g/mol. The third-order valence-electron chi connectivity index (χ3n) is 4.26. The van der Waals surface area contributed by atoms with Crippen LogP contribution in [0.25, 0.3) is 5.65 Å². The molecule has 2 aromatic heterocycles. The van der Waals surface area contributed by atoms with Gasteiger partial charge in [0.15, 0.2) is 5.65 Å². The summed E-state index contributed by atoms with van der Waals surface area (Å²) in [6.45, 7) is 4.39. The quantitative estimate of drug-likeness (QED) is 0.878. The molecular formula is C15H21ClN4. The summed E-state index contributed by atoms with van der Waals surface area (Å²) in [5, 5.41) is 7.98. The van der Waals surface area contributed by atoms with E-state index in [2.05, 4.69) is 35.3 Å². The molecule has 0 saturated heterocycles. The molecule has 2 unspecified atom stereocenters. The summed E-state index contributed by atoms with van der Waals surface area (Å²) < 4.78 is 1.86. The zero-order valence-electron chi connectivity index (χ0n) is 12.1. The molecular weight excluding hydrogens is 272 g/mol. The number of fused-ring (bicyclic) bond motifs is 1. The van der Waals surface area contributed by atoms with Gasteiger partial charge in [-0.2, -0.15) is 9.61 Å². The van der Waals surface area contributed by atoms with Crippen molar-refractivity contribution in [2.75, 3.05) is 11.2 Å². The molecule has 0 bridgehead atoms. The molecule has 0 radical (unpaired) electrons. The molecule has 4 nitrogen and oxygen atoms in total. The lowest BCUT2D eigenvalue weighted by Gasteiger charge is -2.40. The summed E-state index contributed by atoms with van der Waals surface area (Å²) in [4.78, 5) is 4.28. The number of nitrogens with one attached hydrogen (secondary N) is 1. The van der Waals surface area contributed by atoms with Gasteiger partial charge in [-0.3, -0.25) is 0 Å². The monoisotopic (exact) mass is 292 g/mol. The maximum atomic E-state index is 6.31. The number of nitrogens with zero attached hydrogens (tertiary/aromatic N) is 3. The van der Waals surface area contributed by atoms with Crippen LogP contribution in [0.15, 0.2) is 18.5 Å². The van der Waals surface area contributed by atoms with E-state index in [9.17, 15) is 0 Å². The average Bonchev–Trinajstić information content (AvgIpc) is 2.87. The molecule has 0 amide bonds. The first-order valence-electron chi connectivity index (χ1n) is 7.26. The number of hydrogen-bond acceptors (Lipinski definition) is 3. The number of aryl methyl sites for hydroxylation is 1. The van der Waals surface area contributed by atoms with E-state index in [1.807, 2.05) is 10.6 Å². The molecule has 3 rings (SSSR count). The molecule has 5 heteroatoms. The van der Waals surface area contributed by atoms with Crippen molar-refractivity contribution in [2.45, 2.75) is 45.1 Å². The molecule has 1 aliphatic rings. The predicted molar refractivity (Wildman–Crippen MR) is 82.4 cm³/mol. The van der Waals surface area contributed by atoms with E-state index in [1.54, 1.807) is 6.33 Å². The maximum Gasteiger partial charge on any atom is 0.157 e. The van der Waals surface area contributed by atoms with E-state index in [0.717, 1.165) is 24.3 Å². The summed E-state index contributed by atoms with van der Waals surface area (Å²) in [5.41, 5.74) is 2.04. The van der Waals surface area contributed by atoms with Crippen LogP contribution >= 0.6 is 11.6 Å². The van der Waals surface area contributed by atoms with Crippen LogP contribution in [0.5, 0.6) is 0 Å². The summed E-state index contributed by atoms with van der Waals surface area (Å²) in [5.74, 6) is 2.33. The van der Waals surface area contributed by atoms with Gasteiger partial charge in [-0.05, 0) is 43.4 Å². The third-order valence-corrected chi connectivity index (χ3v) is 4.78. The minimum Gasteiger partial charge on any atom is -0.363 e. The second kappa shape index (κ2) is 5.24. The van der Waals surface area contributed by atoms with Gasteiger partial charge < -0.3 is 5.32 Å². The molecule has 0 aromatic carbocycles. The molecule has 2 heterocycles. The normalized spacial score (nSPS) is 26.9. The SMILES string of the molecule is Cc1cc(NC2(CCl)CCCC(C)C2)n2ncnc2c1. The number of rotatable bonds is 3. The lowest BCUT2D eigenvalue weighted by atomic mass is 9.77. The Morgan fingerprint density at radius 1 is 1.50 bits per heavy atom. The molecule has 0 spiro atoms. The highest BCUT2D eigenvalue weighted by atomic mass is 35.5. The van der Waals surface area contributed by atoms with E-state index < -0.39 is 0 Å². The Balaban J connectivity index is 1.96. The van der Waals surface area contributed by atoms with E-state index >= 15 is 0 Å². The fourth-order valence-electron chi connectivity index (χ4n) is 3.35. The van der Waals surface area contributed by atoms with Crippen LogP contribution in [-0.4, -0.2) is 26.0 Å². The summed E-state index contributed by atoms with van der Waals surface area (Å²) in [7, 11) is 0. The van der Waals surface area contributed by atoms with Crippen molar-refractivity contribution in [1.82, 2.24) is 14.6 Å². The van der Waals surface area contributed by atoms with Gasteiger partial charge in [0.05, 0.1) is 5.54 Å². The van der Waals surface area contributed by atoms with Gasteiger partial charge in [-0.1, -0.05) is 19.8 Å². The zero-order chi connectivity index (χ0) is 14.2. The van der Waals surface area contributed by atoms with E-state index in [0.29, 0.717) is 11.8 Å². The van der Waals surface area contributed by atoms with Gasteiger partial charge in [0.1, 0.15) is 12.1 Å². The highest BCUT2D eigenvalue weighted by Crippen LogP contribution is 2.36. The van der Waals surface area contributed by atoms with Crippen LogP contribution in [0.1, 0.15) is 38.2 Å². The lowest BCUT2D eigenvalue weighted by molar-refractivity contribution is 0.278. The van der Waals surface area contributed by atoms with Crippen LogP contribution in [0, 0.1) is 12.8 Å². The van der Waals surface area contributed by atoms with Crippen molar-refractivity contribution in [3.8, 4) is 0 Å². The van der Waals surface area contributed by atoms with Crippen LogP contribution < -0.4 is 5.32 Å². The van der Waals surface area contributed by atoms with Gasteiger partial charge in [0, 0.05) is 5.88 Å². The van der Waals surface area contributed by atoms with E-state index in [4.69, 9.17) is 11.6 Å². The molecule has 1 saturated carbocycles. The standard InChI is InChI=1S/C15H21ClN4/c1-11-4-3-5-15(8-11,9-16)19-14-7-12(2)6-13-17-10-18-20(13)14/h6-7,10-11,19H,3-5,8-9H2,1-2H3. The molecule has 2 aromatic rings. The fraction of sp³-hybridized carbons (Fsp3) is 0.600. The Hall–Kier alpha value is -1.29. The van der Waals surface area contributed by atoms with Crippen LogP contribution in [0.4, 0.5) is 5.82 Å². The van der Waals surface area contributed by atoms with Crippen LogP contribution in [0.3, 0.4) is 0 Å². The zero-order valence-corrected chi connectivity index (χ0v) is 12.8. The maximum absolute atomic E-state index is 6.31. The number of halogens is 1. The summed E-state index contributed by atoms with van der Waals surface area (Å²) >= 11 is 6.31. The first-order valence-corrected chi connectivity index (χ1v) is 7.80. The first kappa shape index (κ1) is 13.7. The molecule has 1 aliphatic carbocycles.